The van der Waals surface area contributed by atoms with Gasteiger partial charge in [0.1, 0.15) is 5.39 Å². The molecule has 0 saturated heterocycles. The van der Waals surface area contributed by atoms with Crippen LogP contribution in [0.1, 0.15) is 0 Å². The van der Waals surface area contributed by atoms with Crippen molar-refractivity contribution in [3.63, 3.8) is 0 Å². The van der Waals surface area contributed by atoms with E-state index >= 15 is 0 Å². The zero-order valence-corrected chi connectivity index (χ0v) is 9.20. The maximum absolute atomic E-state index is 11.8. The lowest BCUT2D eigenvalue weighted by atomic mass is 10.3. The van der Waals surface area contributed by atoms with E-state index in [1.54, 1.807) is 0 Å². The first-order chi connectivity index (χ1) is 8.68. The van der Waals surface area contributed by atoms with Gasteiger partial charge in [-0.25, -0.2) is 9.48 Å². The SMILES string of the molecule is Nn1c(=O)[nH]c2c(cnn2-c2ccccc2)c1=O. The van der Waals surface area contributed by atoms with E-state index in [0.717, 1.165) is 5.69 Å². The van der Waals surface area contributed by atoms with Crippen LogP contribution in [0.3, 0.4) is 0 Å². The zero-order valence-electron chi connectivity index (χ0n) is 9.20. The van der Waals surface area contributed by atoms with Gasteiger partial charge in [-0.15, -0.1) is 0 Å². The van der Waals surface area contributed by atoms with Gasteiger partial charge in [-0.2, -0.15) is 9.77 Å². The quantitative estimate of drug-likeness (QED) is 0.567. The molecule has 2 aromatic heterocycles. The van der Waals surface area contributed by atoms with Crippen molar-refractivity contribution in [2.45, 2.75) is 0 Å². The van der Waals surface area contributed by atoms with Crippen molar-refractivity contribution in [3.8, 4) is 5.69 Å². The van der Waals surface area contributed by atoms with Gasteiger partial charge in [0.2, 0.25) is 0 Å². The summed E-state index contributed by atoms with van der Waals surface area (Å²) in [6.07, 6.45) is 1.38. The van der Waals surface area contributed by atoms with Crippen LogP contribution in [0.25, 0.3) is 16.7 Å². The maximum atomic E-state index is 11.8. The number of H-pyrrole nitrogens is 1. The third kappa shape index (κ3) is 1.34. The molecule has 0 bridgehead atoms. The number of nitrogens with zero attached hydrogens (tertiary/aromatic N) is 3. The van der Waals surface area contributed by atoms with Crippen molar-refractivity contribution in [3.05, 3.63) is 57.4 Å². The zero-order chi connectivity index (χ0) is 12.7. The van der Waals surface area contributed by atoms with Crippen LogP contribution in [-0.4, -0.2) is 19.4 Å². The Kier molecular flexibility index (Phi) is 2.06. The molecule has 18 heavy (non-hydrogen) atoms. The molecule has 0 radical (unpaired) electrons. The molecule has 3 aromatic rings. The number of benzene rings is 1. The second kappa shape index (κ2) is 3.59. The highest BCUT2D eigenvalue weighted by Gasteiger charge is 2.11. The van der Waals surface area contributed by atoms with Crippen LogP contribution in [-0.2, 0) is 0 Å². The summed E-state index contributed by atoms with van der Waals surface area (Å²) in [5.41, 5.74) is -0.170. The Bertz CT molecular complexity index is 828. The highest BCUT2D eigenvalue weighted by Crippen LogP contribution is 2.11. The number of aromatic amines is 1. The van der Waals surface area contributed by atoms with Gasteiger partial charge in [0.15, 0.2) is 5.65 Å². The van der Waals surface area contributed by atoms with Gasteiger partial charge in [-0.05, 0) is 12.1 Å². The second-order valence-electron chi connectivity index (χ2n) is 3.76. The minimum atomic E-state index is -0.676. The third-order valence-corrected chi connectivity index (χ3v) is 2.66. The van der Waals surface area contributed by atoms with E-state index in [-0.39, 0.29) is 5.39 Å². The summed E-state index contributed by atoms with van der Waals surface area (Å²) < 4.78 is 2.01. The van der Waals surface area contributed by atoms with Gasteiger partial charge in [-0.1, -0.05) is 18.2 Å². The molecule has 0 aliphatic carbocycles. The first-order valence-electron chi connectivity index (χ1n) is 5.22. The number of nitrogen functional groups attached to an aromatic ring is 1. The monoisotopic (exact) mass is 243 g/mol. The number of rotatable bonds is 1. The second-order valence-corrected chi connectivity index (χ2v) is 3.76. The van der Waals surface area contributed by atoms with Crippen molar-refractivity contribution < 1.29 is 0 Å². The minimum absolute atomic E-state index is 0.265. The number of para-hydroxylation sites is 1. The number of hydrogen-bond donors (Lipinski definition) is 2. The average Bonchev–Trinajstić information content (AvgIpc) is 2.81. The molecule has 1 aromatic carbocycles. The third-order valence-electron chi connectivity index (χ3n) is 2.66. The Hall–Kier alpha value is -2.83. The van der Waals surface area contributed by atoms with Gasteiger partial charge in [-0.3, -0.25) is 9.78 Å². The fourth-order valence-corrected chi connectivity index (χ4v) is 1.77. The molecule has 0 spiro atoms. The van der Waals surface area contributed by atoms with E-state index in [0.29, 0.717) is 10.3 Å². The van der Waals surface area contributed by atoms with Crippen LogP contribution in [0, 0.1) is 0 Å². The lowest BCUT2D eigenvalue weighted by Crippen LogP contribution is -2.40. The standard InChI is InChI=1S/C11H9N5O2/c12-15-10(17)8-6-13-16(9(8)14-11(15)18)7-4-2-1-3-5-7/h1-6H,12H2,(H,14,18). The van der Waals surface area contributed by atoms with Gasteiger partial charge in [0, 0.05) is 0 Å². The summed E-state index contributed by atoms with van der Waals surface area (Å²) in [6, 6.07) is 9.18. The summed E-state index contributed by atoms with van der Waals surface area (Å²) in [4.78, 5) is 25.8. The maximum Gasteiger partial charge on any atom is 0.348 e. The van der Waals surface area contributed by atoms with Gasteiger partial charge >= 0.3 is 5.69 Å². The molecule has 90 valence electrons. The van der Waals surface area contributed by atoms with E-state index in [2.05, 4.69) is 10.1 Å². The number of nitrogens with one attached hydrogen (secondary N) is 1. The largest absolute Gasteiger partial charge is 0.348 e. The van der Waals surface area contributed by atoms with Crippen molar-refractivity contribution >= 4 is 11.0 Å². The smallest absolute Gasteiger partial charge is 0.332 e. The number of fused-ring (bicyclic) bond motifs is 1. The molecule has 0 unspecified atom stereocenters. The van der Waals surface area contributed by atoms with Crippen LogP contribution in [0.4, 0.5) is 0 Å². The molecule has 3 rings (SSSR count). The van der Waals surface area contributed by atoms with Crippen LogP contribution >= 0.6 is 0 Å². The first-order valence-corrected chi connectivity index (χ1v) is 5.22. The van der Waals surface area contributed by atoms with Crippen LogP contribution in [0.15, 0.2) is 46.1 Å². The molecule has 0 fully saturated rings. The van der Waals surface area contributed by atoms with Crippen LogP contribution < -0.4 is 17.1 Å². The first kappa shape index (κ1) is 10.3. The van der Waals surface area contributed by atoms with Crippen molar-refractivity contribution in [2.75, 3.05) is 5.84 Å². The summed E-state index contributed by atoms with van der Waals surface area (Å²) in [6.45, 7) is 0. The Morgan fingerprint density at radius 1 is 1.17 bits per heavy atom. The lowest BCUT2D eigenvalue weighted by molar-refractivity contribution is 0.836. The lowest BCUT2D eigenvalue weighted by Gasteiger charge is -2.02. The fraction of sp³-hybridized carbons (Fsp3) is 0. The fourth-order valence-electron chi connectivity index (χ4n) is 1.77. The molecule has 0 aliphatic heterocycles. The molecule has 0 aliphatic rings. The number of nitrogens with two attached hydrogens (primary N) is 1. The van der Waals surface area contributed by atoms with E-state index in [1.165, 1.54) is 10.9 Å². The minimum Gasteiger partial charge on any atom is -0.332 e. The average molecular weight is 243 g/mol. The topological polar surface area (TPSA) is 98.7 Å². The van der Waals surface area contributed by atoms with E-state index in [9.17, 15) is 9.59 Å². The molecule has 0 amide bonds. The summed E-state index contributed by atoms with van der Waals surface area (Å²) in [5.74, 6) is 5.32. The van der Waals surface area contributed by atoms with Crippen LogP contribution in [0.2, 0.25) is 0 Å². The molecule has 0 saturated carbocycles. The Balaban J connectivity index is 2.41. The Morgan fingerprint density at radius 2 is 1.89 bits per heavy atom. The summed E-state index contributed by atoms with van der Waals surface area (Å²) in [5, 5.41) is 4.35. The molecule has 7 nitrogen and oxygen atoms in total. The molecule has 2 heterocycles. The predicted octanol–water partition coefficient (Wildman–Crippen LogP) is -0.411. The highest BCUT2D eigenvalue weighted by atomic mass is 16.2. The van der Waals surface area contributed by atoms with Gasteiger partial charge < -0.3 is 5.84 Å². The van der Waals surface area contributed by atoms with Crippen molar-refractivity contribution in [2.24, 2.45) is 0 Å². The molecule has 7 heteroatoms. The predicted molar refractivity (Wildman–Crippen MR) is 66.1 cm³/mol. The van der Waals surface area contributed by atoms with E-state index in [1.807, 2.05) is 30.3 Å². The van der Waals surface area contributed by atoms with Gasteiger partial charge in [0.25, 0.3) is 5.56 Å². The molecule has 3 N–H and O–H groups in total. The molecular formula is C11H9N5O2. The van der Waals surface area contributed by atoms with E-state index in [4.69, 9.17) is 5.84 Å². The summed E-state index contributed by atoms with van der Waals surface area (Å²) >= 11 is 0. The Morgan fingerprint density at radius 3 is 2.61 bits per heavy atom. The molecular weight excluding hydrogens is 234 g/mol. The van der Waals surface area contributed by atoms with Crippen molar-refractivity contribution in [1.29, 1.82) is 0 Å². The number of aromatic nitrogens is 4. The highest BCUT2D eigenvalue weighted by molar-refractivity contribution is 5.74. The summed E-state index contributed by atoms with van der Waals surface area (Å²) in [7, 11) is 0. The Labute approximate surface area is 100 Å². The van der Waals surface area contributed by atoms with Crippen LogP contribution in [0.5, 0.6) is 0 Å². The van der Waals surface area contributed by atoms with E-state index < -0.39 is 11.2 Å². The number of hydrogen-bond acceptors (Lipinski definition) is 4. The normalized spacial score (nSPS) is 10.9. The molecule has 0 atom stereocenters. The van der Waals surface area contributed by atoms with Crippen molar-refractivity contribution in [1.82, 2.24) is 19.4 Å². The van der Waals surface area contributed by atoms with Gasteiger partial charge in [0.05, 0.1) is 11.9 Å².